The van der Waals surface area contributed by atoms with Crippen LogP contribution in [-0.2, 0) is 0 Å². The van der Waals surface area contributed by atoms with Crippen LogP contribution in [-0.4, -0.2) is 18.0 Å². The van der Waals surface area contributed by atoms with Crippen LogP contribution in [0.3, 0.4) is 0 Å². The van der Waals surface area contributed by atoms with Gasteiger partial charge in [-0.1, -0.05) is 19.3 Å². The van der Waals surface area contributed by atoms with Crippen LogP contribution in [0.25, 0.3) is 0 Å². The average molecular weight is 293 g/mol. The minimum atomic E-state index is -0.466. The lowest BCUT2D eigenvalue weighted by molar-refractivity contribution is 0.100. The van der Waals surface area contributed by atoms with Crippen molar-refractivity contribution in [3.8, 4) is 0 Å². The summed E-state index contributed by atoms with van der Waals surface area (Å²) in [6.07, 6.45) is 7.48. The van der Waals surface area contributed by atoms with Gasteiger partial charge >= 0.3 is 6.03 Å². The lowest BCUT2D eigenvalue weighted by atomic mass is 9.86. The van der Waals surface area contributed by atoms with E-state index in [4.69, 9.17) is 5.73 Å². The Balaban J connectivity index is 1.51. The van der Waals surface area contributed by atoms with E-state index < -0.39 is 5.91 Å². The van der Waals surface area contributed by atoms with Crippen molar-refractivity contribution in [2.24, 2.45) is 11.1 Å². The molecule has 1 atom stereocenters. The number of anilines is 1. The first-order valence-corrected chi connectivity index (χ1v) is 7.93. The number of thiophene rings is 1. The summed E-state index contributed by atoms with van der Waals surface area (Å²) in [4.78, 5) is 23.4. The molecular weight excluding hydrogens is 274 g/mol. The van der Waals surface area contributed by atoms with Crippen molar-refractivity contribution in [2.75, 3.05) is 5.32 Å². The molecule has 0 bridgehead atoms. The molecule has 1 aromatic heterocycles. The molecule has 20 heavy (non-hydrogen) atoms. The van der Waals surface area contributed by atoms with E-state index in [1.54, 1.807) is 11.4 Å². The summed E-state index contributed by atoms with van der Waals surface area (Å²) in [6, 6.07) is 1.74. The molecular formula is C14H19N3O2S. The van der Waals surface area contributed by atoms with Crippen LogP contribution >= 0.6 is 11.3 Å². The molecule has 1 aromatic rings. The third kappa shape index (κ3) is 2.65. The van der Waals surface area contributed by atoms with Crippen LogP contribution in [0.4, 0.5) is 10.5 Å². The van der Waals surface area contributed by atoms with E-state index in [2.05, 4.69) is 10.6 Å². The fraction of sp³-hybridized carbons (Fsp3) is 0.571. The van der Waals surface area contributed by atoms with Crippen molar-refractivity contribution in [2.45, 2.75) is 44.6 Å². The van der Waals surface area contributed by atoms with Gasteiger partial charge in [-0.05, 0) is 30.7 Å². The maximum absolute atomic E-state index is 11.9. The Hall–Kier alpha value is -1.56. The molecule has 6 heteroatoms. The Morgan fingerprint density at radius 3 is 2.70 bits per heavy atom. The van der Waals surface area contributed by atoms with Gasteiger partial charge in [0.05, 0.1) is 10.6 Å². The third-order valence-electron chi connectivity index (χ3n) is 4.44. The van der Waals surface area contributed by atoms with E-state index >= 15 is 0 Å². The van der Waals surface area contributed by atoms with Gasteiger partial charge in [0.1, 0.15) is 0 Å². The van der Waals surface area contributed by atoms with Gasteiger partial charge in [0, 0.05) is 11.4 Å². The topological polar surface area (TPSA) is 84.2 Å². The molecule has 3 rings (SSSR count). The first-order valence-electron chi connectivity index (χ1n) is 7.05. The van der Waals surface area contributed by atoms with Gasteiger partial charge in [0.15, 0.2) is 0 Å². The Morgan fingerprint density at radius 2 is 2.05 bits per heavy atom. The second-order valence-electron chi connectivity index (χ2n) is 5.84. The molecule has 2 aliphatic carbocycles. The normalized spacial score (nSPS) is 23.3. The van der Waals surface area contributed by atoms with Crippen molar-refractivity contribution < 1.29 is 9.59 Å². The molecule has 2 fully saturated rings. The van der Waals surface area contributed by atoms with E-state index in [0.29, 0.717) is 22.0 Å². The SMILES string of the molecule is NC(=O)c1cc(NC(=O)NC2CC23CCCCC3)cs1. The Kier molecular flexibility index (Phi) is 3.41. The number of carbonyl (C=O) groups is 2. The standard InChI is InChI=1S/C14H19N3O2S/c15-12(18)10-6-9(8-20-10)16-13(19)17-11-7-14(11)4-2-1-3-5-14/h6,8,11H,1-5,7H2,(H2,15,18)(H2,16,17,19). The van der Waals surface area contributed by atoms with E-state index in [9.17, 15) is 9.59 Å². The fourth-order valence-corrected chi connectivity index (χ4v) is 3.91. The third-order valence-corrected chi connectivity index (χ3v) is 5.39. The van der Waals surface area contributed by atoms with Gasteiger partial charge in [0.25, 0.3) is 5.91 Å². The molecule has 4 N–H and O–H groups in total. The monoisotopic (exact) mass is 293 g/mol. The van der Waals surface area contributed by atoms with Gasteiger partial charge in [0.2, 0.25) is 0 Å². The quantitative estimate of drug-likeness (QED) is 0.800. The molecule has 0 saturated heterocycles. The molecule has 0 radical (unpaired) electrons. The molecule has 2 aliphatic rings. The summed E-state index contributed by atoms with van der Waals surface area (Å²) >= 11 is 1.24. The maximum Gasteiger partial charge on any atom is 0.319 e. The lowest BCUT2D eigenvalue weighted by Gasteiger charge is -2.22. The van der Waals surface area contributed by atoms with Crippen molar-refractivity contribution >= 4 is 29.0 Å². The Bertz CT molecular complexity index is 534. The van der Waals surface area contributed by atoms with Crippen LogP contribution in [0, 0.1) is 5.41 Å². The Labute approximate surface area is 121 Å². The minimum absolute atomic E-state index is 0.189. The lowest BCUT2D eigenvalue weighted by Crippen LogP contribution is -2.34. The summed E-state index contributed by atoms with van der Waals surface area (Å²) in [6.45, 7) is 0. The van der Waals surface area contributed by atoms with E-state index in [0.717, 1.165) is 6.42 Å². The first kappa shape index (κ1) is 13.4. The van der Waals surface area contributed by atoms with Crippen LogP contribution in [0.1, 0.15) is 48.2 Å². The van der Waals surface area contributed by atoms with Crippen LogP contribution in [0.2, 0.25) is 0 Å². The molecule has 0 aromatic carbocycles. The zero-order valence-corrected chi connectivity index (χ0v) is 12.1. The number of nitrogens with one attached hydrogen (secondary N) is 2. The number of hydrogen-bond donors (Lipinski definition) is 3. The van der Waals surface area contributed by atoms with Crippen LogP contribution in [0.5, 0.6) is 0 Å². The molecule has 3 amide bonds. The largest absolute Gasteiger partial charge is 0.365 e. The number of rotatable bonds is 3. The molecule has 2 saturated carbocycles. The average Bonchev–Trinajstić information content (AvgIpc) is 2.87. The summed E-state index contributed by atoms with van der Waals surface area (Å²) in [5.41, 5.74) is 6.19. The summed E-state index contributed by atoms with van der Waals surface area (Å²) < 4.78 is 0. The highest BCUT2D eigenvalue weighted by molar-refractivity contribution is 7.12. The van der Waals surface area contributed by atoms with Gasteiger partial charge in [-0.3, -0.25) is 4.79 Å². The summed E-state index contributed by atoms with van der Waals surface area (Å²) in [7, 11) is 0. The van der Waals surface area contributed by atoms with E-state index in [1.165, 1.54) is 43.4 Å². The summed E-state index contributed by atoms with van der Waals surface area (Å²) in [5, 5.41) is 7.53. The van der Waals surface area contributed by atoms with Crippen LogP contribution in [0.15, 0.2) is 11.4 Å². The van der Waals surface area contributed by atoms with Crippen molar-refractivity contribution in [1.29, 1.82) is 0 Å². The van der Waals surface area contributed by atoms with E-state index in [1.807, 2.05) is 0 Å². The predicted octanol–water partition coefficient (Wildman–Crippen LogP) is 2.69. The smallest absolute Gasteiger partial charge is 0.319 e. The number of primary amides is 1. The zero-order valence-electron chi connectivity index (χ0n) is 11.3. The summed E-state index contributed by atoms with van der Waals surface area (Å²) in [5.74, 6) is -0.466. The zero-order chi connectivity index (χ0) is 14.2. The molecule has 1 unspecified atom stereocenters. The van der Waals surface area contributed by atoms with Gasteiger partial charge in [-0.25, -0.2) is 4.79 Å². The number of carbonyl (C=O) groups excluding carboxylic acids is 2. The number of urea groups is 1. The molecule has 1 heterocycles. The van der Waals surface area contributed by atoms with Gasteiger partial charge in [-0.15, -0.1) is 11.3 Å². The van der Waals surface area contributed by atoms with Gasteiger partial charge < -0.3 is 16.4 Å². The number of amides is 3. The van der Waals surface area contributed by atoms with Crippen molar-refractivity contribution in [1.82, 2.24) is 5.32 Å². The van der Waals surface area contributed by atoms with E-state index in [-0.39, 0.29) is 6.03 Å². The highest BCUT2D eigenvalue weighted by Crippen LogP contribution is 2.56. The minimum Gasteiger partial charge on any atom is -0.365 e. The number of hydrogen-bond acceptors (Lipinski definition) is 3. The molecule has 1 spiro atoms. The van der Waals surface area contributed by atoms with Gasteiger partial charge in [-0.2, -0.15) is 0 Å². The second kappa shape index (κ2) is 5.09. The molecule has 108 valence electrons. The van der Waals surface area contributed by atoms with Crippen LogP contribution < -0.4 is 16.4 Å². The second-order valence-corrected chi connectivity index (χ2v) is 6.75. The Morgan fingerprint density at radius 1 is 1.30 bits per heavy atom. The highest BCUT2D eigenvalue weighted by atomic mass is 32.1. The molecule has 5 nitrogen and oxygen atoms in total. The van der Waals surface area contributed by atoms with Crippen molar-refractivity contribution in [3.63, 3.8) is 0 Å². The maximum atomic E-state index is 11.9. The molecule has 0 aliphatic heterocycles. The first-order chi connectivity index (χ1) is 9.59. The highest BCUT2D eigenvalue weighted by Gasteiger charge is 2.54. The van der Waals surface area contributed by atoms with Crippen molar-refractivity contribution in [3.05, 3.63) is 16.3 Å². The fourth-order valence-electron chi connectivity index (χ4n) is 3.22. The number of nitrogens with two attached hydrogens (primary N) is 1. The predicted molar refractivity (Wildman–Crippen MR) is 78.9 cm³/mol.